The second-order valence-electron chi connectivity index (χ2n) is 10.9. The van der Waals surface area contributed by atoms with Crippen molar-refractivity contribution in [1.29, 1.82) is 0 Å². The molecule has 41 heavy (non-hydrogen) atoms. The van der Waals surface area contributed by atoms with Crippen molar-refractivity contribution in [2.75, 3.05) is 13.6 Å². The fraction of sp³-hybridized carbons (Fsp3) is 0.314. The Morgan fingerprint density at radius 2 is 1.54 bits per heavy atom. The first-order valence-electron chi connectivity index (χ1n) is 14.3. The van der Waals surface area contributed by atoms with Gasteiger partial charge < -0.3 is 25.4 Å². The van der Waals surface area contributed by atoms with Crippen molar-refractivity contribution < 1.29 is 19.7 Å². The molecule has 4 N–H and O–H groups in total. The van der Waals surface area contributed by atoms with Gasteiger partial charge >= 0.3 is 0 Å². The van der Waals surface area contributed by atoms with E-state index in [4.69, 9.17) is 15.2 Å². The highest BCUT2D eigenvalue weighted by Gasteiger charge is 2.34. The van der Waals surface area contributed by atoms with Crippen LogP contribution in [0, 0.1) is 0 Å². The molecule has 0 aromatic heterocycles. The van der Waals surface area contributed by atoms with Crippen LogP contribution in [0.1, 0.15) is 59.7 Å². The molecule has 5 atom stereocenters. The maximum Gasteiger partial charge on any atom is 0.184 e. The number of nitrogens with zero attached hydrogens (tertiary/aromatic N) is 1. The van der Waals surface area contributed by atoms with Gasteiger partial charge in [0.1, 0.15) is 0 Å². The second kappa shape index (κ2) is 13.5. The van der Waals surface area contributed by atoms with Crippen LogP contribution in [0.4, 0.5) is 0 Å². The summed E-state index contributed by atoms with van der Waals surface area (Å²) in [5.41, 5.74) is 12.9. The van der Waals surface area contributed by atoms with E-state index in [9.17, 15) is 10.2 Å². The number of likely N-dealkylation sites (N-methyl/N-ethyl adjacent to an activating group) is 1. The molecule has 0 unspecified atom stereocenters. The Balaban J connectivity index is 1.35. The Morgan fingerprint density at radius 3 is 2.22 bits per heavy atom. The zero-order chi connectivity index (χ0) is 28.8. The van der Waals surface area contributed by atoms with Gasteiger partial charge in [-0.1, -0.05) is 97.1 Å². The van der Waals surface area contributed by atoms with Crippen LogP contribution in [0.5, 0.6) is 0 Å². The number of ether oxygens (including phenoxy) is 2. The molecule has 4 aromatic rings. The molecule has 4 aromatic carbocycles. The third-order valence-electron chi connectivity index (χ3n) is 8.08. The second-order valence-corrected chi connectivity index (χ2v) is 10.9. The van der Waals surface area contributed by atoms with Crippen LogP contribution in [-0.4, -0.2) is 40.9 Å². The lowest BCUT2D eigenvalue weighted by Gasteiger charge is -2.39. The summed E-state index contributed by atoms with van der Waals surface area (Å²) in [6, 6.07) is 34.2. The zero-order valence-electron chi connectivity index (χ0n) is 23.8. The summed E-state index contributed by atoms with van der Waals surface area (Å²) in [6.07, 6.45) is -0.757. The molecule has 0 radical (unpaired) electrons. The quantitative estimate of drug-likeness (QED) is 0.227. The minimum Gasteiger partial charge on any atom is -0.392 e. The first kappa shape index (κ1) is 29.1. The first-order valence-corrected chi connectivity index (χ1v) is 14.3. The number of hydrogen-bond acceptors (Lipinski definition) is 6. The smallest absolute Gasteiger partial charge is 0.184 e. The van der Waals surface area contributed by atoms with Gasteiger partial charge in [0.05, 0.1) is 24.9 Å². The SMILES string of the molecule is C[C@@H]([C@H](O)c1ccccc1)N(C)C[C@H]1C[C@@H](c2ccc(CO)cc2)O[C@@H](c2ccc(-c3cccc(CN)c3)cc2)O1. The minimum atomic E-state index is -0.607. The van der Waals surface area contributed by atoms with E-state index >= 15 is 0 Å². The van der Waals surface area contributed by atoms with Crippen LogP contribution in [0.3, 0.4) is 0 Å². The van der Waals surface area contributed by atoms with Crippen molar-refractivity contribution >= 4 is 0 Å². The van der Waals surface area contributed by atoms with Gasteiger partial charge in [-0.25, -0.2) is 0 Å². The van der Waals surface area contributed by atoms with Gasteiger partial charge in [0.15, 0.2) is 6.29 Å². The monoisotopic (exact) mass is 552 g/mol. The number of hydrogen-bond donors (Lipinski definition) is 3. The number of aliphatic hydroxyl groups is 2. The van der Waals surface area contributed by atoms with Crippen LogP contribution in [0.25, 0.3) is 11.1 Å². The number of rotatable bonds is 10. The molecule has 1 aliphatic rings. The summed E-state index contributed by atoms with van der Waals surface area (Å²) in [7, 11) is 2.03. The molecule has 6 nitrogen and oxygen atoms in total. The van der Waals surface area contributed by atoms with Crippen molar-refractivity contribution in [3.8, 4) is 11.1 Å². The van der Waals surface area contributed by atoms with Crippen molar-refractivity contribution in [2.45, 2.75) is 57.1 Å². The number of nitrogens with two attached hydrogens (primary N) is 1. The molecule has 1 saturated heterocycles. The fourth-order valence-electron chi connectivity index (χ4n) is 5.40. The van der Waals surface area contributed by atoms with Crippen molar-refractivity contribution in [3.05, 3.63) is 131 Å². The van der Waals surface area contributed by atoms with Crippen molar-refractivity contribution in [2.24, 2.45) is 5.73 Å². The Labute approximate surface area is 243 Å². The fourth-order valence-corrected chi connectivity index (χ4v) is 5.40. The Morgan fingerprint density at radius 1 is 0.829 bits per heavy atom. The predicted octanol–water partition coefficient (Wildman–Crippen LogP) is 5.90. The van der Waals surface area contributed by atoms with Crippen LogP contribution in [0.15, 0.2) is 103 Å². The van der Waals surface area contributed by atoms with Crippen LogP contribution < -0.4 is 5.73 Å². The molecule has 0 aliphatic carbocycles. The summed E-state index contributed by atoms with van der Waals surface area (Å²) >= 11 is 0. The topological polar surface area (TPSA) is 88.2 Å². The summed E-state index contributed by atoms with van der Waals surface area (Å²) in [6.45, 7) is 3.19. The van der Waals surface area contributed by atoms with Crippen LogP contribution >= 0.6 is 0 Å². The molecule has 6 heteroatoms. The Hall–Kier alpha value is -3.36. The van der Waals surface area contributed by atoms with Crippen LogP contribution in [-0.2, 0) is 22.6 Å². The lowest BCUT2D eigenvalue weighted by molar-refractivity contribution is -0.253. The van der Waals surface area contributed by atoms with Crippen molar-refractivity contribution in [1.82, 2.24) is 4.90 Å². The number of aliphatic hydroxyl groups excluding tert-OH is 2. The predicted molar refractivity (Wildman–Crippen MR) is 162 cm³/mol. The highest BCUT2D eigenvalue weighted by atomic mass is 16.7. The molecule has 0 spiro atoms. The summed E-state index contributed by atoms with van der Waals surface area (Å²) < 4.78 is 13.1. The maximum atomic E-state index is 11.0. The molecule has 0 saturated carbocycles. The first-order chi connectivity index (χ1) is 19.9. The Kier molecular flexibility index (Phi) is 9.62. The highest BCUT2D eigenvalue weighted by Crippen LogP contribution is 2.39. The van der Waals surface area contributed by atoms with E-state index in [1.54, 1.807) is 0 Å². The third-order valence-corrected chi connectivity index (χ3v) is 8.08. The largest absolute Gasteiger partial charge is 0.392 e. The van der Waals surface area contributed by atoms with E-state index in [0.717, 1.165) is 38.9 Å². The zero-order valence-corrected chi connectivity index (χ0v) is 23.8. The number of benzene rings is 4. The van der Waals surface area contributed by atoms with E-state index in [1.807, 2.05) is 80.7 Å². The lowest BCUT2D eigenvalue weighted by atomic mass is 9.98. The van der Waals surface area contributed by atoms with Crippen LogP contribution in [0.2, 0.25) is 0 Å². The summed E-state index contributed by atoms with van der Waals surface area (Å²) in [5.74, 6) is 0. The van der Waals surface area contributed by atoms with Gasteiger partial charge in [0.25, 0.3) is 0 Å². The van der Waals surface area contributed by atoms with E-state index in [0.29, 0.717) is 19.5 Å². The molecule has 214 valence electrons. The molecule has 5 rings (SSSR count). The lowest BCUT2D eigenvalue weighted by Crippen LogP contribution is -2.43. The molecular weight excluding hydrogens is 512 g/mol. The molecule has 1 heterocycles. The molecular formula is C35H40N2O4. The summed E-state index contributed by atoms with van der Waals surface area (Å²) in [4.78, 5) is 2.16. The highest BCUT2D eigenvalue weighted by molar-refractivity contribution is 5.64. The van der Waals surface area contributed by atoms with Gasteiger partial charge in [-0.2, -0.15) is 0 Å². The molecule has 0 amide bonds. The average molecular weight is 553 g/mol. The van der Waals surface area contributed by atoms with E-state index in [-0.39, 0.29) is 24.9 Å². The Bertz CT molecular complexity index is 1380. The molecule has 1 fully saturated rings. The van der Waals surface area contributed by atoms with Gasteiger partial charge in [0.2, 0.25) is 0 Å². The summed E-state index contributed by atoms with van der Waals surface area (Å²) in [5, 5.41) is 20.5. The minimum absolute atomic E-state index is 0.00707. The third kappa shape index (κ3) is 7.11. The van der Waals surface area contributed by atoms with Gasteiger partial charge in [-0.05, 0) is 53.4 Å². The van der Waals surface area contributed by atoms with E-state index in [2.05, 4.69) is 41.3 Å². The van der Waals surface area contributed by atoms with E-state index in [1.165, 1.54) is 0 Å². The van der Waals surface area contributed by atoms with Gasteiger partial charge in [-0.15, -0.1) is 0 Å². The van der Waals surface area contributed by atoms with Crippen molar-refractivity contribution in [3.63, 3.8) is 0 Å². The average Bonchev–Trinajstić information content (AvgIpc) is 3.04. The van der Waals surface area contributed by atoms with Gasteiger partial charge in [-0.3, -0.25) is 4.90 Å². The standard InChI is InChI=1S/C35H40N2O4/c1-24(34(39)29-8-4-3-5-9-29)37(2)22-32-20-33(28-13-11-25(23-38)12-14-28)41-35(40-32)30-17-15-27(16-18-30)31-10-6-7-26(19-31)21-36/h3-19,24,32-35,38-39H,20-23,36H2,1-2H3/t24-,32+,33-,34-,35-/m0/s1. The van der Waals surface area contributed by atoms with Gasteiger partial charge in [0, 0.05) is 31.1 Å². The normalized spacial score (nSPS) is 20.6. The van der Waals surface area contributed by atoms with E-state index < -0.39 is 12.4 Å². The maximum absolute atomic E-state index is 11.0. The molecule has 1 aliphatic heterocycles. The molecule has 0 bridgehead atoms.